The van der Waals surface area contributed by atoms with Crippen molar-refractivity contribution in [1.82, 2.24) is 4.31 Å². The van der Waals surface area contributed by atoms with Crippen LogP contribution in [0.15, 0.2) is 57.0 Å². The minimum atomic E-state index is -3.82. The maximum absolute atomic E-state index is 13.8. The lowest BCUT2D eigenvalue weighted by Gasteiger charge is -2.17. The van der Waals surface area contributed by atoms with Gasteiger partial charge in [0.05, 0.1) is 21.3 Å². The Kier molecular flexibility index (Phi) is 5.65. The average Bonchev–Trinajstić information content (AvgIpc) is 3.34. The quantitative estimate of drug-likeness (QED) is 0.684. The van der Waals surface area contributed by atoms with Gasteiger partial charge >= 0.3 is 0 Å². The third-order valence-electron chi connectivity index (χ3n) is 5.03. The Hall–Kier alpha value is -1.58. The van der Waals surface area contributed by atoms with Gasteiger partial charge in [-0.25, -0.2) is 12.8 Å². The average molecular weight is 500 g/mol. The van der Waals surface area contributed by atoms with E-state index >= 15 is 0 Å². The van der Waals surface area contributed by atoms with Crippen molar-refractivity contribution < 1.29 is 17.9 Å². The van der Waals surface area contributed by atoms with Gasteiger partial charge in [-0.3, -0.25) is 4.99 Å². The van der Waals surface area contributed by atoms with Gasteiger partial charge in [0.15, 0.2) is 0 Å². The van der Waals surface area contributed by atoms with Crippen LogP contribution in [0, 0.1) is 5.82 Å². The summed E-state index contributed by atoms with van der Waals surface area (Å²) in [7, 11) is -3.82. The van der Waals surface area contributed by atoms with Gasteiger partial charge in [-0.1, -0.05) is 23.7 Å². The molecule has 2 aliphatic heterocycles. The summed E-state index contributed by atoms with van der Waals surface area (Å²) in [6.07, 6.45) is 1.85. The Balaban J connectivity index is 1.59. The molecule has 5 nitrogen and oxygen atoms in total. The first-order valence-corrected chi connectivity index (χ1v) is 11.6. The Morgan fingerprint density at radius 3 is 2.66 bits per heavy atom. The second kappa shape index (κ2) is 7.92. The number of hydrogen-bond acceptors (Lipinski definition) is 4. The van der Waals surface area contributed by atoms with Crippen molar-refractivity contribution in [2.45, 2.75) is 23.8 Å². The van der Waals surface area contributed by atoms with E-state index in [9.17, 15) is 17.9 Å². The van der Waals surface area contributed by atoms with Gasteiger partial charge in [-0.15, -0.1) is 0 Å². The van der Waals surface area contributed by atoms with Crippen molar-refractivity contribution in [2.24, 2.45) is 4.99 Å². The standard InChI is InChI=1S/C20H17BrClFN2O3S/c21-16-3-1-12(7-18(16)23)14-8-19(24-10-14)13-2-4-17(22)20(9-13)29(27,28)25-6-5-15(26)11-25/h1-4,7,9-10,15,26H,5-6,8,11H2/t15-/m1/s1. The van der Waals surface area contributed by atoms with Crippen molar-refractivity contribution in [3.63, 3.8) is 0 Å². The second-order valence-corrected chi connectivity index (χ2v) is 10.2. The number of nitrogens with zero attached hydrogens (tertiary/aromatic N) is 2. The second-order valence-electron chi connectivity index (χ2n) is 6.99. The van der Waals surface area contributed by atoms with E-state index in [1.54, 1.807) is 24.4 Å². The molecule has 0 aliphatic carbocycles. The van der Waals surface area contributed by atoms with Gasteiger partial charge < -0.3 is 5.11 Å². The number of benzene rings is 2. The lowest BCUT2D eigenvalue weighted by atomic mass is 9.99. The van der Waals surface area contributed by atoms with E-state index in [-0.39, 0.29) is 28.8 Å². The summed E-state index contributed by atoms with van der Waals surface area (Å²) in [5, 5.41) is 9.81. The maximum Gasteiger partial charge on any atom is 0.244 e. The molecule has 0 unspecified atom stereocenters. The van der Waals surface area contributed by atoms with Crippen LogP contribution in [0.4, 0.5) is 4.39 Å². The highest BCUT2D eigenvalue weighted by molar-refractivity contribution is 9.10. The zero-order valence-electron chi connectivity index (χ0n) is 15.1. The summed E-state index contributed by atoms with van der Waals surface area (Å²) in [5.74, 6) is -0.357. The molecule has 2 aliphatic rings. The smallest absolute Gasteiger partial charge is 0.244 e. The Bertz CT molecular complexity index is 1150. The zero-order chi connectivity index (χ0) is 20.8. The molecule has 2 aromatic carbocycles. The molecular formula is C20H17BrClFN2O3S. The molecule has 0 spiro atoms. The van der Waals surface area contributed by atoms with Crippen LogP contribution in [0.1, 0.15) is 24.0 Å². The molecule has 29 heavy (non-hydrogen) atoms. The van der Waals surface area contributed by atoms with Crippen molar-refractivity contribution in [1.29, 1.82) is 0 Å². The van der Waals surface area contributed by atoms with Crippen LogP contribution in [-0.4, -0.2) is 42.7 Å². The van der Waals surface area contributed by atoms with E-state index in [2.05, 4.69) is 20.9 Å². The molecule has 1 saturated heterocycles. The third kappa shape index (κ3) is 4.04. The van der Waals surface area contributed by atoms with Gasteiger partial charge in [0, 0.05) is 25.7 Å². The van der Waals surface area contributed by atoms with E-state index in [1.165, 1.54) is 22.5 Å². The van der Waals surface area contributed by atoms with Crippen LogP contribution in [0.3, 0.4) is 0 Å². The highest BCUT2D eigenvalue weighted by Gasteiger charge is 2.33. The molecule has 0 amide bonds. The zero-order valence-corrected chi connectivity index (χ0v) is 18.3. The van der Waals surface area contributed by atoms with Crippen molar-refractivity contribution >= 4 is 48.8 Å². The summed E-state index contributed by atoms with van der Waals surface area (Å²) in [4.78, 5) is 4.40. The lowest BCUT2D eigenvalue weighted by Crippen LogP contribution is -2.30. The summed E-state index contributed by atoms with van der Waals surface area (Å²) in [6, 6.07) is 9.65. The maximum atomic E-state index is 13.8. The number of aliphatic hydroxyl groups excluding tert-OH is 1. The number of halogens is 3. The molecule has 1 N–H and O–H groups in total. The van der Waals surface area contributed by atoms with Crippen molar-refractivity contribution in [3.05, 3.63) is 69.0 Å². The highest BCUT2D eigenvalue weighted by atomic mass is 79.9. The van der Waals surface area contributed by atoms with Gasteiger partial charge in [0.1, 0.15) is 10.7 Å². The summed E-state index contributed by atoms with van der Waals surface area (Å²) < 4.78 is 41.4. The van der Waals surface area contributed by atoms with Gasteiger partial charge in [0.2, 0.25) is 10.0 Å². The van der Waals surface area contributed by atoms with Crippen molar-refractivity contribution in [3.8, 4) is 0 Å². The molecule has 0 radical (unpaired) electrons. The number of aliphatic imine (C=N–C) groups is 1. The Morgan fingerprint density at radius 2 is 1.97 bits per heavy atom. The van der Waals surface area contributed by atoms with Crippen LogP contribution >= 0.6 is 27.5 Å². The van der Waals surface area contributed by atoms with E-state index in [0.717, 1.165) is 11.1 Å². The van der Waals surface area contributed by atoms with Gasteiger partial charge in [-0.2, -0.15) is 4.31 Å². The van der Waals surface area contributed by atoms with E-state index < -0.39 is 16.1 Å². The van der Waals surface area contributed by atoms with Gasteiger partial charge in [0.25, 0.3) is 0 Å². The normalized spacial score (nSPS) is 20.1. The molecule has 0 bridgehead atoms. The molecule has 1 atom stereocenters. The molecule has 9 heteroatoms. The first-order valence-electron chi connectivity index (χ1n) is 8.95. The predicted molar refractivity (Wildman–Crippen MR) is 114 cm³/mol. The number of rotatable bonds is 4. The largest absolute Gasteiger partial charge is 0.392 e. The van der Waals surface area contributed by atoms with E-state index in [4.69, 9.17) is 11.6 Å². The Labute approximate surface area is 181 Å². The minimum absolute atomic E-state index is 0.00315. The summed E-state index contributed by atoms with van der Waals surface area (Å²) >= 11 is 9.33. The lowest BCUT2D eigenvalue weighted by molar-refractivity contribution is 0.189. The number of hydrogen-bond donors (Lipinski definition) is 1. The molecule has 2 aromatic rings. The van der Waals surface area contributed by atoms with Crippen LogP contribution in [-0.2, 0) is 10.0 Å². The molecule has 152 valence electrons. The fourth-order valence-electron chi connectivity index (χ4n) is 3.43. The minimum Gasteiger partial charge on any atom is -0.392 e. The number of allylic oxidation sites excluding steroid dienone is 1. The van der Waals surface area contributed by atoms with Gasteiger partial charge in [-0.05, 0) is 63.3 Å². The topological polar surface area (TPSA) is 70.0 Å². The number of aliphatic hydroxyl groups is 1. The van der Waals surface area contributed by atoms with Crippen LogP contribution in [0.2, 0.25) is 5.02 Å². The Morgan fingerprint density at radius 1 is 1.21 bits per heavy atom. The van der Waals surface area contributed by atoms with Crippen LogP contribution in [0.25, 0.3) is 5.57 Å². The molecular weight excluding hydrogens is 483 g/mol. The predicted octanol–water partition coefficient (Wildman–Crippen LogP) is 4.23. The monoisotopic (exact) mass is 498 g/mol. The molecule has 4 rings (SSSR count). The fourth-order valence-corrected chi connectivity index (χ4v) is 5.66. The highest BCUT2D eigenvalue weighted by Crippen LogP contribution is 2.32. The van der Waals surface area contributed by atoms with E-state index in [0.29, 0.717) is 28.6 Å². The number of β-amino-alcohol motifs (C(OH)–C–C–N with tert-alkyl or cyclic N) is 1. The third-order valence-corrected chi connectivity index (χ3v) is 8.02. The summed E-state index contributed by atoms with van der Waals surface area (Å²) in [6.45, 7) is 0.316. The molecule has 1 fully saturated rings. The fraction of sp³-hybridized carbons (Fsp3) is 0.250. The number of sulfonamides is 1. The summed E-state index contributed by atoms with van der Waals surface area (Å²) in [5.41, 5.74) is 2.88. The molecule has 0 saturated carbocycles. The van der Waals surface area contributed by atoms with Crippen molar-refractivity contribution in [2.75, 3.05) is 13.1 Å². The van der Waals surface area contributed by atoms with E-state index in [1.807, 2.05) is 0 Å². The van der Waals surface area contributed by atoms with Crippen LogP contribution in [0.5, 0.6) is 0 Å². The first-order chi connectivity index (χ1) is 13.8. The first kappa shape index (κ1) is 20.7. The van der Waals surface area contributed by atoms with Crippen LogP contribution < -0.4 is 0 Å². The molecule has 2 heterocycles. The molecule has 0 aromatic heterocycles. The SMILES string of the molecule is O=S(=O)(c1cc(C2=NC=C(c3ccc(Br)c(F)c3)C2)ccc1Cl)N1CC[C@@H](O)C1.